The fourth-order valence-corrected chi connectivity index (χ4v) is 2.29. The molecule has 1 aromatic heterocycles. The average molecular weight is 285 g/mol. The first-order valence-corrected chi connectivity index (χ1v) is 7.22. The summed E-state index contributed by atoms with van der Waals surface area (Å²) in [5.74, 6) is 1.03. The van der Waals surface area contributed by atoms with Gasteiger partial charge in [-0.25, -0.2) is 4.98 Å². The molecule has 1 saturated carbocycles. The zero-order chi connectivity index (χ0) is 14.8. The van der Waals surface area contributed by atoms with Crippen molar-refractivity contribution in [2.24, 2.45) is 11.7 Å². The van der Waals surface area contributed by atoms with Gasteiger partial charge in [-0.05, 0) is 37.8 Å². The summed E-state index contributed by atoms with van der Waals surface area (Å²) in [6, 6.07) is 9.57. The second-order valence-electron chi connectivity index (χ2n) is 5.51. The first kappa shape index (κ1) is 13.8. The van der Waals surface area contributed by atoms with Crippen molar-refractivity contribution in [3.63, 3.8) is 0 Å². The maximum atomic E-state index is 12.2. The molecule has 3 N–H and O–H groups in total. The highest BCUT2D eigenvalue weighted by Crippen LogP contribution is 2.31. The van der Waals surface area contributed by atoms with Crippen LogP contribution in [0.5, 0.6) is 0 Å². The van der Waals surface area contributed by atoms with Crippen LogP contribution in [0, 0.1) is 12.8 Å². The maximum Gasteiger partial charge on any atom is 0.289 e. The normalized spacial score (nSPS) is 15.7. The summed E-state index contributed by atoms with van der Waals surface area (Å²) in [6.45, 7) is 2.25. The lowest BCUT2D eigenvalue weighted by molar-refractivity contribution is 0.0922. The molecule has 0 radical (unpaired) electrons. The van der Waals surface area contributed by atoms with E-state index in [9.17, 15) is 4.79 Å². The second-order valence-corrected chi connectivity index (χ2v) is 5.51. The molecule has 1 aliphatic carbocycles. The fraction of sp³-hybridized carbons (Fsp3) is 0.375. The molecule has 0 spiro atoms. The third kappa shape index (κ3) is 3.13. The van der Waals surface area contributed by atoms with Crippen LogP contribution in [0.4, 0.5) is 0 Å². The molecule has 5 nitrogen and oxygen atoms in total. The van der Waals surface area contributed by atoms with Gasteiger partial charge in [0.25, 0.3) is 5.91 Å². The molecular weight excluding hydrogens is 266 g/mol. The van der Waals surface area contributed by atoms with E-state index in [1.54, 1.807) is 6.92 Å². The fourth-order valence-electron chi connectivity index (χ4n) is 2.29. The van der Waals surface area contributed by atoms with E-state index in [2.05, 4.69) is 10.3 Å². The van der Waals surface area contributed by atoms with Crippen LogP contribution < -0.4 is 11.1 Å². The number of oxazole rings is 1. The van der Waals surface area contributed by atoms with Crippen LogP contribution in [0.25, 0.3) is 11.5 Å². The first-order chi connectivity index (χ1) is 10.1. The molecule has 1 unspecified atom stereocenters. The highest BCUT2D eigenvalue weighted by Gasteiger charge is 2.29. The third-order valence-electron chi connectivity index (χ3n) is 3.75. The summed E-state index contributed by atoms with van der Waals surface area (Å²) < 4.78 is 5.61. The number of nitrogens with one attached hydrogen (secondary N) is 1. The van der Waals surface area contributed by atoms with Crippen molar-refractivity contribution in [3.05, 3.63) is 41.8 Å². The van der Waals surface area contributed by atoms with Gasteiger partial charge in [0.05, 0.1) is 5.69 Å². The molecule has 21 heavy (non-hydrogen) atoms. The van der Waals surface area contributed by atoms with Gasteiger partial charge in [-0.2, -0.15) is 0 Å². The lowest BCUT2D eigenvalue weighted by Gasteiger charge is -2.10. The van der Waals surface area contributed by atoms with Gasteiger partial charge in [-0.15, -0.1) is 0 Å². The Hall–Kier alpha value is -2.14. The third-order valence-corrected chi connectivity index (χ3v) is 3.75. The molecule has 0 bridgehead atoms. The Balaban J connectivity index is 1.70. The highest BCUT2D eigenvalue weighted by molar-refractivity contribution is 5.92. The Labute approximate surface area is 123 Å². The van der Waals surface area contributed by atoms with Gasteiger partial charge in [0.1, 0.15) is 0 Å². The molecule has 1 aromatic carbocycles. The largest absolute Gasteiger partial charge is 0.431 e. The van der Waals surface area contributed by atoms with E-state index in [4.69, 9.17) is 10.2 Å². The number of hydrogen-bond donors (Lipinski definition) is 2. The van der Waals surface area contributed by atoms with Gasteiger partial charge in [-0.3, -0.25) is 4.79 Å². The van der Waals surface area contributed by atoms with Gasteiger partial charge >= 0.3 is 0 Å². The van der Waals surface area contributed by atoms with E-state index in [-0.39, 0.29) is 17.7 Å². The second kappa shape index (κ2) is 5.69. The van der Waals surface area contributed by atoms with Crippen LogP contribution in [-0.4, -0.2) is 23.5 Å². The monoisotopic (exact) mass is 285 g/mol. The van der Waals surface area contributed by atoms with Crippen molar-refractivity contribution < 1.29 is 9.21 Å². The minimum atomic E-state index is -0.252. The molecule has 110 valence electrons. The van der Waals surface area contributed by atoms with E-state index >= 15 is 0 Å². The van der Waals surface area contributed by atoms with Crippen molar-refractivity contribution in [1.82, 2.24) is 10.3 Å². The van der Waals surface area contributed by atoms with Crippen molar-refractivity contribution in [2.75, 3.05) is 6.54 Å². The van der Waals surface area contributed by atoms with Crippen LogP contribution in [0.3, 0.4) is 0 Å². The Kier molecular flexibility index (Phi) is 3.75. The number of aromatic nitrogens is 1. The molecule has 3 rings (SSSR count). The van der Waals surface area contributed by atoms with Crippen LogP contribution in [0.2, 0.25) is 0 Å². The number of nitrogens with two attached hydrogens (primary N) is 1. The number of aryl methyl sites for hydroxylation is 1. The van der Waals surface area contributed by atoms with Gasteiger partial charge in [-0.1, -0.05) is 18.2 Å². The van der Waals surface area contributed by atoms with E-state index < -0.39 is 0 Å². The number of hydrogen-bond acceptors (Lipinski definition) is 4. The highest BCUT2D eigenvalue weighted by atomic mass is 16.4. The lowest BCUT2D eigenvalue weighted by atomic mass is 10.2. The SMILES string of the molecule is Cc1nc(-c2ccccc2)oc1C(=O)NCC(N)C1CC1. The molecule has 2 aromatic rings. The van der Waals surface area contributed by atoms with E-state index in [0.29, 0.717) is 24.0 Å². The molecule has 1 atom stereocenters. The maximum absolute atomic E-state index is 12.2. The van der Waals surface area contributed by atoms with Crippen LogP contribution in [-0.2, 0) is 0 Å². The van der Waals surface area contributed by atoms with Crippen molar-refractivity contribution in [1.29, 1.82) is 0 Å². The average Bonchev–Trinajstić information content (AvgIpc) is 3.28. The number of rotatable bonds is 5. The van der Waals surface area contributed by atoms with Gasteiger partial charge in [0.2, 0.25) is 11.7 Å². The van der Waals surface area contributed by atoms with Crippen LogP contribution in [0.15, 0.2) is 34.7 Å². The predicted octanol–water partition coefficient (Wildman–Crippen LogP) is 2.12. The first-order valence-electron chi connectivity index (χ1n) is 7.22. The van der Waals surface area contributed by atoms with Gasteiger partial charge < -0.3 is 15.5 Å². The molecule has 1 fully saturated rings. The number of carbonyl (C=O) groups excluding carboxylic acids is 1. The number of benzene rings is 1. The summed E-state index contributed by atoms with van der Waals surface area (Å²) >= 11 is 0. The number of amides is 1. The summed E-state index contributed by atoms with van der Waals surface area (Å²) in [5, 5.41) is 2.83. The summed E-state index contributed by atoms with van der Waals surface area (Å²) in [5.41, 5.74) is 7.42. The summed E-state index contributed by atoms with van der Waals surface area (Å²) in [7, 11) is 0. The minimum Gasteiger partial charge on any atom is -0.431 e. The Morgan fingerprint density at radius 3 is 2.81 bits per heavy atom. The molecule has 5 heteroatoms. The Morgan fingerprint density at radius 2 is 2.14 bits per heavy atom. The van der Waals surface area contributed by atoms with E-state index in [1.807, 2.05) is 30.3 Å². The smallest absolute Gasteiger partial charge is 0.289 e. The minimum absolute atomic E-state index is 0.0331. The van der Waals surface area contributed by atoms with E-state index in [1.165, 1.54) is 0 Å². The molecule has 1 heterocycles. The standard InChI is InChI=1S/C16H19N3O2/c1-10-14(15(20)18-9-13(17)11-7-8-11)21-16(19-10)12-5-3-2-4-6-12/h2-6,11,13H,7-9,17H2,1H3,(H,18,20). The van der Waals surface area contributed by atoms with Gasteiger partial charge in [0.15, 0.2) is 0 Å². The number of nitrogens with zero attached hydrogens (tertiary/aromatic N) is 1. The Bertz CT molecular complexity index is 632. The van der Waals surface area contributed by atoms with Crippen molar-refractivity contribution in [3.8, 4) is 11.5 Å². The summed E-state index contributed by atoms with van der Waals surface area (Å²) in [6.07, 6.45) is 2.33. The zero-order valence-corrected chi connectivity index (χ0v) is 12.0. The number of carbonyl (C=O) groups is 1. The van der Waals surface area contributed by atoms with Gasteiger partial charge in [0, 0.05) is 18.2 Å². The molecular formula is C16H19N3O2. The Morgan fingerprint density at radius 1 is 1.43 bits per heavy atom. The topological polar surface area (TPSA) is 81.2 Å². The quantitative estimate of drug-likeness (QED) is 0.881. The van der Waals surface area contributed by atoms with Crippen molar-refractivity contribution >= 4 is 5.91 Å². The molecule has 1 amide bonds. The molecule has 0 saturated heterocycles. The van der Waals surface area contributed by atoms with Crippen LogP contribution in [0.1, 0.15) is 29.1 Å². The molecule has 1 aliphatic rings. The summed E-state index contributed by atoms with van der Waals surface area (Å²) in [4.78, 5) is 16.5. The predicted molar refractivity (Wildman–Crippen MR) is 79.7 cm³/mol. The van der Waals surface area contributed by atoms with Crippen LogP contribution >= 0.6 is 0 Å². The molecule has 0 aliphatic heterocycles. The van der Waals surface area contributed by atoms with E-state index in [0.717, 1.165) is 18.4 Å². The van der Waals surface area contributed by atoms with Crippen molar-refractivity contribution in [2.45, 2.75) is 25.8 Å². The zero-order valence-electron chi connectivity index (χ0n) is 12.0. The lowest BCUT2D eigenvalue weighted by Crippen LogP contribution is -2.38.